The first-order valence-corrected chi connectivity index (χ1v) is 10.3. The number of ether oxygens (including phenoxy) is 1. The first-order chi connectivity index (χ1) is 14.2. The molecule has 1 saturated heterocycles. The normalized spacial score (nSPS) is 17.0. The van der Waals surface area contributed by atoms with Crippen LogP contribution >= 0.6 is 0 Å². The van der Waals surface area contributed by atoms with Gasteiger partial charge in [0.25, 0.3) is 0 Å². The molecule has 0 amide bonds. The van der Waals surface area contributed by atoms with E-state index >= 15 is 0 Å². The molecular weight excluding hydrogens is 366 g/mol. The minimum Gasteiger partial charge on any atom is -0.383 e. The lowest BCUT2D eigenvalue weighted by Crippen LogP contribution is -2.39. The van der Waals surface area contributed by atoms with Gasteiger partial charge in [-0.15, -0.1) is 0 Å². The number of aromatic nitrogens is 3. The van der Waals surface area contributed by atoms with Crippen LogP contribution in [0.25, 0.3) is 22.0 Å². The van der Waals surface area contributed by atoms with Crippen molar-refractivity contribution in [2.24, 2.45) is 5.92 Å². The largest absolute Gasteiger partial charge is 0.383 e. The third kappa shape index (κ3) is 4.82. The van der Waals surface area contributed by atoms with Crippen molar-refractivity contribution in [2.75, 3.05) is 39.9 Å². The van der Waals surface area contributed by atoms with Gasteiger partial charge in [-0.25, -0.2) is 0 Å². The number of aromatic amines is 1. The Balaban J connectivity index is 1.38. The highest BCUT2D eigenvalue weighted by Gasteiger charge is 2.21. The molecule has 0 spiro atoms. The number of aliphatic hydroxyl groups is 1. The topological polar surface area (TPSA) is 86.3 Å². The van der Waals surface area contributed by atoms with E-state index in [-0.39, 0.29) is 0 Å². The Hall–Kier alpha value is -2.32. The van der Waals surface area contributed by atoms with Crippen LogP contribution in [-0.4, -0.2) is 65.1 Å². The van der Waals surface area contributed by atoms with Crippen molar-refractivity contribution < 1.29 is 9.84 Å². The van der Waals surface area contributed by atoms with Gasteiger partial charge in [0.2, 0.25) is 0 Å². The number of H-pyrrole nitrogens is 1. The summed E-state index contributed by atoms with van der Waals surface area (Å²) < 4.78 is 5.16. The smallest absolute Gasteiger partial charge is 0.148 e. The van der Waals surface area contributed by atoms with Gasteiger partial charge in [-0.2, -0.15) is 5.10 Å². The molecule has 3 N–H and O–H groups in total. The molecule has 29 heavy (non-hydrogen) atoms. The van der Waals surface area contributed by atoms with Gasteiger partial charge in [0.15, 0.2) is 0 Å². The first kappa shape index (κ1) is 20.0. The maximum absolute atomic E-state index is 10.7. The van der Waals surface area contributed by atoms with E-state index in [9.17, 15) is 5.11 Å². The summed E-state index contributed by atoms with van der Waals surface area (Å²) in [4.78, 5) is 6.64. The number of nitrogens with one attached hydrogen (secondary N) is 2. The Kier molecular flexibility index (Phi) is 6.51. The summed E-state index contributed by atoms with van der Waals surface area (Å²) in [6.07, 6.45) is 5.11. The molecule has 0 aliphatic carbocycles. The minimum atomic E-state index is -0.768. The predicted octanol–water partition coefficient (Wildman–Crippen LogP) is 2.56. The molecule has 7 heteroatoms. The van der Waals surface area contributed by atoms with Crippen molar-refractivity contribution in [2.45, 2.75) is 19.1 Å². The molecular formula is C22H29N5O2. The summed E-state index contributed by atoms with van der Waals surface area (Å²) in [5.41, 5.74) is 3.66. The molecule has 1 unspecified atom stereocenters. The zero-order valence-electron chi connectivity index (χ0n) is 16.8. The van der Waals surface area contributed by atoms with E-state index in [0.717, 1.165) is 67.7 Å². The van der Waals surface area contributed by atoms with Gasteiger partial charge < -0.3 is 14.7 Å². The van der Waals surface area contributed by atoms with E-state index in [0.29, 0.717) is 11.6 Å². The number of nitrogens with zero attached hydrogens (tertiary/aromatic N) is 3. The van der Waals surface area contributed by atoms with Crippen molar-refractivity contribution in [1.29, 1.82) is 0 Å². The average Bonchev–Trinajstić information content (AvgIpc) is 3.21. The van der Waals surface area contributed by atoms with Gasteiger partial charge in [0, 0.05) is 43.5 Å². The highest BCUT2D eigenvalue weighted by molar-refractivity contribution is 5.86. The zero-order valence-corrected chi connectivity index (χ0v) is 16.8. The molecule has 0 saturated carbocycles. The van der Waals surface area contributed by atoms with E-state index < -0.39 is 6.23 Å². The third-order valence-corrected chi connectivity index (χ3v) is 5.77. The monoisotopic (exact) mass is 395 g/mol. The van der Waals surface area contributed by atoms with Crippen LogP contribution in [0.5, 0.6) is 0 Å². The number of methoxy groups -OCH3 is 1. The van der Waals surface area contributed by atoms with Crippen molar-refractivity contribution in [3.63, 3.8) is 0 Å². The fourth-order valence-corrected chi connectivity index (χ4v) is 3.97. The van der Waals surface area contributed by atoms with Crippen molar-refractivity contribution in [3.05, 3.63) is 48.4 Å². The van der Waals surface area contributed by atoms with Crippen molar-refractivity contribution in [3.8, 4) is 11.1 Å². The maximum atomic E-state index is 10.7. The molecule has 7 nitrogen and oxygen atoms in total. The Labute approximate surface area is 171 Å². The number of pyridine rings is 1. The molecule has 4 rings (SSSR count). The molecule has 1 aliphatic heterocycles. The molecule has 3 heterocycles. The summed E-state index contributed by atoms with van der Waals surface area (Å²) in [6.45, 7) is 4.76. The van der Waals surface area contributed by atoms with E-state index in [4.69, 9.17) is 4.74 Å². The number of likely N-dealkylation sites (tertiary alicyclic amines) is 1. The SMILES string of the molecule is COCCN1CCC(CNC(O)c2[nH]nc3ccc(-c4cccnc4)cc23)CC1. The number of rotatable bonds is 8. The van der Waals surface area contributed by atoms with Gasteiger partial charge >= 0.3 is 0 Å². The lowest BCUT2D eigenvalue weighted by molar-refractivity contribution is 0.102. The zero-order chi connectivity index (χ0) is 20.1. The van der Waals surface area contributed by atoms with Gasteiger partial charge in [-0.1, -0.05) is 12.1 Å². The van der Waals surface area contributed by atoms with Crippen LogP contribution in [-0.2, 0) is 4.74 Å². The van der Waals surface area contributed by atoms with Crippen LogP contribution in [0.3, 0.4) is 0 Å². The minimum absolute atomic E-state index is 0.573. The highest BCUT2D eigenvalue weighted by atomic mass is 16.5. The lowest BCUT2D eigenvalue weighted by Gasteiger charge is -2.32. The number of aliphatic hydroxyl groups excluding tert-OH is 1. The van der Waals surface area contributed by atoms with Crippen LogP contribution in [0, 0.1) is 5.92 Å². The van der Waals surface area contributed by atoms with Crippen molar-refractivity contribution in [1.82, 2.24) is 25.4 Å². The number of fused-ring (bicyclic) bond motifs is 1. The second kappa shape index (κ2) is 9.45. The number of piperidine rings is 1. The summed E-state index contributed by atoms with van der Waals surface area (Å²) >= 11 is 0. The second-order valence-corrected chi connectivity index (χ2v) is 7.70. The van der Waals surface area contributed by atoms with Crippen LogP contribution in [0.4, 0.5) is 0 Å². The number of hydrogen-bond donors (Lipinski definition) is 3. The van der Waals surface area contributed by atoms with Crippen LogP contribution < -0.4 is 5.32 Å². The number of benzene rings is 1. The highest BCUT2D eigenvalue weighted by Crippen LogP contribution is 2.27. The summed E-state index contributed by atoms with van der Waals surface area (Å²) in [6, 6.07) is 10.0. The molecule has 2 aromatic heterocycles. The van der Waals surface area contributed by atoms with Gasteiger partial charge in [-0.3, -0.25) is 15.4 Å². The van der Waals surface area contributed by atoms with Gasteiger partial charge in [0.1, 0.15) is 6.23 Å². The molecule has 3 aromatic rings. The molecule has 154 valence electrons. The summed E-state index contributed by atoms with van der Waals surface area (Å²) in [5, 5.41) is 22.3. The summed E-state index contributed by atoms with van der Waals surface area (Å²) in [5.74, 6) is 0.573. The standard InChI is InChI=1S/C22H29N5O2/c1-29-12-11-27-9-6-16(7-10-27)14-24-22(28)21-19-13-17(4-5-20(19)25-26-21)18-3-2-8-23-15-18/h2-5,8,13,15-16,22,24,28H,6-7,9-12,14H2,1H3,(H,25,26). The Morgan fingerprint density at radius 3 is 2.90 bits per heavy atom. The number of hydrogen-bond acceptors (Lipinski definition) is 6. The van der Waals surface area contributed by atoms with E-state index in [1.165, 1.54) is 0 Å². The fraction of sp³-hybridized carbons (Fsp3) is 0.455. The quantitative estimate of drug-likeness (QED) is 0.508. The van der Waals surface area contributed by atoms with Gasteiger partial charge in [-0.05, 0) is 55.6 Å². The molecule has 1 aromatic carbocycles. The average molecular weight is 396 g/mol. The second-order valence-electron chi connectivity index (χ2n) is 7.70. The Bertz CT molecular complexity index is 906. The fourth-order valence-electron chi connectivity index (χ4n) is 3.97. The Morgan fingerprint density at radius 1 is 1.28 bits per heavy atom. The predicted molar refractivity (Wildman–Crippen MR) is 113 cm³/mol. The molecule has 1 fully saturated rings. The molecule has 0 radical (unpaired) electrons. The van der Waals surface area contributed by atoms with E-state index in [2.05, 4.69) is 31.5 Å². The molecule has 0 bridgehead atoms. The summed E-state index contributed by atoms with van der Waals surface area (Å²) in [7, 11) is 1.75. The first-order valence-electron chi connectivity index (χ1n) is 10.3. The van der Waals surface area contributed by atoms with E-state index in [1.54, 1.807) is 13.3 Å². The molecule has 1 aliphatic rings. The van der Waals surface area contributed by atoms with E-state index in [1.807, 2.05) is 30.5 Å². The van der Waals surface area contributed by atoms with Crippen LogP contribution in [0.1, 0.15) is 24.8 Å². The Morgan fingerprint density at radius 2 is 2.14 bits per heavy atom. The van der Waals surface area contributed by atoms with Crippen LogP contribution in [0.15, 0.2) is 42.7 Å². The van der Waals surface area contributed by atoms with Gasteiger partial charge in [0.05, 0.1) is 17.8 Å². The lowest BCUT2D eigenvalue weighted by atomic mass is 9.96. The van der Waals surface area contributed by atoms with Crippen molar-refractivity contribution >= 4 is 10.9 Å². The maximum Gasteiger partial charge on any atom is 0.148 e. The van der Waals surface area contributed by atoms with Crippen LogP contribution in [0.2, 0.25) is 0 Å². The third-order valence-electron chi connectivity index (χ3n) is 5.77. The molecule has 1 atom stereocenters.